The molecule has 0 aliphatic carbocycles. The smallest absolute Gasteiger partial charge is 0.144 e. The predicted molar refractivity (Wildman–Crippen MR) is 125 cm³/mol. The predicted octanol–water partition coefficient (Wildman–Crippen LogP) is -0.967. The van der Waals surface area contributed by atoms with Gasteiger partial charge in [-0.3, -0.25) is 5.32 Å². The van der Waals surface area contributed by atoms with Gasteiger partial charge in [0.1, 0.15) is 36.4 Å². The van der Waals surface area contributed by atoms with Crippen LogP contribution in [0.4, 0.5) is 22.7 Å². The molecule has 178 valence electrons. The van der Waals surface area contributed by atoms with Crippen molar-refractivity contribution in [3.05, 3.63) is 36.4 Å². The minimum atomic E-state index is -1.11. The maximum absolute atomic E-state index is 11.0. The molecule has 0 bridgehead atoms. The van der Waals surface area contributed by atoms with Crippen molar-refractivity contribution in [3.8, 4) is 11.5 Å². The van der Waals surface area contributed by atoms with Gasteiger partial charge in [-0.05, 0) is 50.5 Å². The normalized spacial score (nSPS) is 15.2. The Kier molecular flexibility index (Phi) is 9.17. The molecule has 0 spiro atoms. The monoisotopic (exact) mass is 450 g/mol. The van der Waals surface area contributed by atoms with E-state index in [4.69, 9.17) is 37.5 Å². The minimum absolute atomic E-state index is 0.0128. The van der Waals surface area contributed by atoms with Crippen molar-refractivity contribution in [2.75, 3.05) is 56.9 Å². The van der Waals surface area contributed by atoms with E-state index in [9.17, 15) is 10.2 Å². The molecule has 4 atom stereocenters. The lowest BCUT2D eigenvalue weighted by molar-refractivity contribution is -0.0651. The Morgan fingerprint density at radius 2 is 1.47 bits per heavy atom. The zero-order valence-electron chi connectivity index (χ0n) is 18.3. The number of ether oxygens (including phenoxy) is 2. The molecule has 2 aromatic rings. The number of aliphatic hydroxyl groups excluding tert-OH is 3. The second-order valence-electron chi connectivity index (χ2n) is 7.69. The number of aliphatic hydroxyl groups is 3. The molecule has 0 heterocycles. The van der Waals surface area contributed by atoms with Gasteiger partial charge in [0, 0.05) is 17.9 Å². The summed E-state index contributed by atoms with van der Waals surface area (Å²) in [5.41, 5.74) is 25.0. The number of nitrogens with one attached hydrogen (secondary N) is 1. The highest BCUT2D eigenvalue weighted by Crippen LogP contribution is 2.28. The fourth-order valence-corrected chi connectivity index (χ4v) is 3.35. The zero-order chi connectivity index (χ0) is 23.8. The van der Waals surface area contributed by atoms with E-state index in [-0.39, 0.29) is 25.6 Å². The molecule has 0 aromatic heterocycles. The molecule has 0 saturated carbocycles. The van der Waals surface area contributed by atoms with Crippen LogP contribution < -0.4 is 37.7 Å². The molecule has 0 aliphatic rings. The largest absolute Gasteiger partial charge is 0.489 e. The highest BCUT2D eigenvalue weighted by atomic mass is 16.5. The Labute approximate surface area is 187 Å². The van der Waals surface area contributed by atoms with Crippen molar-refractivity contribution in [1.82, 2.24) is 10.2 Å². The van der Waals surface area contributed by atoms with Gasteiger partial charge in [0.05, 0.1) is 24.1 Å². The number of hydrogen-bond acceptors (Lipinski definition) is 11. The average Bonchev–Trinajstić information content (AvgIpc) is 2.72. The van der Waals surface area contributed by atoms with Gasteiger partial charge in [0.2, 0.25) is 0 Å². The summed E-state index contributed by atoms with van der Waals surface area (Å²) in [5, 5.41) is 33.5. The number of nitrogens with zero attached hydrogens (tertiary/aromatic N) is 1. The molecule has 12 N–H and O–H groups in total. The SMILES string of the molecule is CN(C)C(C(O)COc1ccc(N)cc1N)C(Oc1ccc(N)cc1N)C(O)CNCO. The second kappa shape index (κ2) is 11.6. The van der Waals surface area contributed by atoms with E-state index in [0.29, 0.717) is 28.6 Å². The molecular weight excluding hydrogens is 416 g/mol. The third-order valence-electron chi connectivity index (χ3n) is 4.91. The lowest BCUT2D eigenvalue weighted by atomic mass is 9.98. The molecule has 32 heavy (non-hydrogen) atoms. The molecule has 11 heteroatoms. The van der Waals surface area contributed by atoms with Gasteiger partial charge in [0.25, 0.3) is 0 Å². The maximum Gasteiger partial charge on any atom is 0.144 e. The molecule has 0 saturated heterocycles. The first-order chi connectivity index (χ1) is 15.1. The van der Waals surface area contributed by atoms with E-state index < -0.39 is 24.4 Å². The summed E-state index contributed by atoms with van der Waals surface area (Å²) < 4.78 is 11.7. The topological polar surface area (TPSA) is 198 Å². The Balaban J connectivity index is 2.25. The van der Waals surface area contributed by atoms with Crippen molar-refractivity contribution >= 4 is 22.7 Å². The van der Waals surface area contributed by atoms with E-state index in [1.54, 1.807) is 55.4 Å². The number of nitrogen functional groups attached to an aromatic ring is 4. The van der Waals surface area contributed by atoms with Crippen LogP contribution in [0.25, 0.3) is 0 Å². The first-order valence-electron chi connectivity index (χ1n) is 10.1. The number of hydrogen-bond donors (Lipinski definition) is 8. The quantitative estimate of drug-likeness (QED) is 0.146. The van der Waals surface area contributed by atoms with Crippen LogP contribution in [0.15, 0.2) is 36.4 Å². The summed E-state index contributed by atoms with van der Waals surface area (Å²) in [6.07, 6.45) is -3.15. The molecule has 0 aliphatic heterocycles. The highest BCUT2D eigenvalue weighted by molar-refractivity contribution is 5.61. The van der Waals surface area contributed by atoms with Crippen molar-refractivity contribution < 1.29 is 24.8 Å². The number of benzene rings is 2. The summed E-state index contributed by atoms with van der Waals surface area (Å²) in [5.74, 6) is 0.675. The molecule has 2 aromatic carbocycles. The molecule has 0 amide bonds. The van der Waals surface area contributed by atoms with Crippen LogP contribution in [0.5, 0.6) is 11.5 Å². The number of rotatable bonds is 12. The zero-order valence-corrected chi connectivity index (χ0v) is 18.3. The summed E-state index contributed by atoms with van der Waals surface area (Å²) in [6, 6.07) is 8.85. The van der Waals surface area contributed by atoms with Crippen LogP contribution in [0.3, 0.4) is 0 Å². The van der Waals surface area contributed by atoms with Crippen LogP contribution in [-0.4, -0.2) is 78.6 Å². The van der Waals surface area contributed by atoms with Gasteiger partial charge in [-0.1, -0.05) is 0 Å². The fraction of sp³-hybridized carbons (Fsp3) is 0.429. The Bertz CT molecular complexity index is 869. The van der Waals surface area contributed by atoms with E-state index in [1.807, 2.05) is 0 Å². The van der Waals surface area contributed by atoms with Gasteiger partial charge in [-0.2, -0.15) is 0 Å². The third kappa shape index (κ3) is 6.77. The van der Waals surface area contributed by atoms with E-state index >= 15 is 0 Å². The minimum Gasteiger partial charge on any atom is -0.489 e. The fourth-order valence-electron chi connectivity index (χ4n) is 3.35. The van der Waals surface area contributed by atoms with Crippen LogP contribution in [0.2, 0.25) is 0 Å². The van der Waals surface area contributed by atoms with Crippen molar-refractivity contribution in [3.63, 3.8) is 0 Å². The first kappa shape index (κ1) is 25.3. The first-order valence-corrected chi connectivity index (χ1v) is 10.1. The van der Waals surface area contributed by atoms with Gasteiger partial charge < -0.3 is 52.6 Å². The molecule has 2 rings (SSSR count). The van der Waals surface area contributed by atoms with Gasteiger partial charge in [-0.25, -0.2) is 0 Å². The van der Waals surface area contributed by atoms with Gasteiger partial charge in [-0.15, -0.1) is 0 Å². The number of anilines is 4. The van der Waals surface area contributed by atoms with Crippen LogP contribution in [-0.2, 0) is 0 Å². The van der Waals surface area contributed by atoms with E-state index in [2.05, 4.69) is 5.32 Å². The molecule has 0 radical (unpaired) electrons. The third-order valence-corrected chi connectivity index (χ3v) is 4.91. The number of nitrogens with two attached hydrogens (primary N) is 4. The average molecular weight is 451 g/mol. The summed E-state index contributed by atoms with van der Waals surface area (Å²) in [7, 11) is 3.47. The van der Waals surface area contributed by atoms with Crippen LogP contribution in [0, 0.1) is 0 Å². The summed E-state index contributed by atoms with van der Waals surface area (Å²) in [4.78, 5) is 1.71. The highest BCUT2D eigenvalue weighted by Gasteiger charge is 2.37. The number of likely N-dealkylation sites (N-methyl/N-ethyl adjacent to an activating group) is 1. The second-order valence-corrected chi connectivity index (χ2v) is 7.69. The van der Waals surface area contributed by atoms with Gasteiger partial charge in [0.15, 0.2) is 0 Å². The van der Waals surface area contributed by atoms with Crippen LogP contribution in [0.1, 0.15) is 0 Å². The van der Waals surface area contributed by atoms with Crippen molar-refractivity contribution in [1.29, 1.82) is 0 Å². The lowest BCUT2D eigenvalue weighted by Crippen LogP contribution is -2.58. The Hall–Kier alpha value is -2.96. The molecular formula is C21H34N6O5. The van der Waals surface area contributed by atoms with Crippen molar-refractivity contribution in [2.45, 2.75) is 24.4 Å². The summed E-state index contributed by atoms with van der Waals surface area (Å²) >= 11 is 0. The Morgan fingerprint density at radius 3 is 1.97 bits per heavy atom. The molecule has 4 unspecified atom stereocenters. The summed E-state index contributed by atoms with van der Waals surface area (Å²) in [6.45, 7) is -0.449. The molecule has 0 fully saturated rings. The van der Waals surface area contributed by atoms with Gasteiger partial charge >= 0.3 is 0 Å². The molecule has 11 nitrogen and oxygen atoms in total. The van der Waals surface area contributed by atoms with Crippen LogP contribution >= 0.6 is 0 Å². The Morgan fingerprint density at radius 1 is 0.906 bits per heavy atom. The standard InChI is InChI=1S/C21H34N6O5/c1-27(2)20(17(30)10-31-18-5-3-12(22)7-14(18)24)21(16(29)9-26-11-28)32-19-6-4-13(23)8-15(19)25/h3-8,16-17,20-21,26,28-30H,9-11,22-25H2,1-2H3. The van der Waals surface area contributed by atoms with E-state index in [1.165, 1.54) is 0 Å². The van der Waals surface area contributed by atoms with Crippen molar-refractivity contribution in [2.24, 2.45) is 0 Å². The van der Waals surface area contributed by atoms with E-state index in [0.717, 1.165) is 0 Å². The lowest BCUT2D eigenvalue weighted by Gasteiger charge is -2.38. The maximum atomic E-state index is 11.0.